The average molecular weight is 267 g/mol. The molecule has 0 atom stereocenters. The van der Waals surface area contributed by atoms with Crippen LogP contribution in [0.2, 0.25) is 0 Å². The molecule has 0 spiro atoms. The molecule has 8 heteroatoms. The number of carbonyl (C=O) groups is 1. The molecule has 0 aliphatic carbocycles. The number of nitrogens with one attached hydrogen (secondary N) is 1. The molecular formula is C11H10FN3O4. The summed E-state index contributed by atoms with van der Waals surface area (Å²) in [6, 6.07) is 4.55. The Morgan fingerprint density at radius 2 is 2.32 bits per heavy atom. The van der Waals surface area contributed by atoms with Gasteiger partial charge < -0.3 is 10.1 Å². The van der Waals surface area contributed by atoms with Crippen molar-refractivity contribution in [3.05, 3.63) is 34.1 Å². The second-order valence-corrected chi connectivity index (χ2v) is 3.42. The van der Waals surface area contributed by atoms with Crippen molar-refractivity contribution in [1.82, 2.24) is 5.32 Å². The first-order chi connectivity index (χ1) is 9.04. The highest BCUT2D eigenvalue weighted by Gasteiger charge is 2.16. The fourth-order valence-corrected chi connectivity index (χ4v) is 1.21. The van der Waals surface area contributed by atoms with Crippen LogP contribution in [0.4, 0.5) is 10.1 Å². The van der Waals surface area contributed by atoms with Crippen LogP contribution in [-0.4, -0.2) is 24.0 Å². The SMILES string of the molecule is N#CCCNC(=O)COc1cc(F)ccc1[N+](=O)[O-]. The number of nitrogens with zero attached hydrogens (tertiary/aromatic N) is 2. The molecule has 0 unspecified atom stereocenters. The molecule has 1 aromatic carbocycles. The highest BCUT2D eigenvalue weighted by atomic mass is 19.1. The highest BCUT2D eigenvalue weighted by molar-refractivity contribution is 5.77. The summed E-state index contributed by atoms with van der Waals surface area (Å²) in [4.78, 5) is 21.2. The quantitative estimate of drug-likeness (QED) is 0.472. The number of carbonyl (C=O) groups excluding carboxylic acids is 1. The molecular weight excluding hydrogens is 257 g/mol. The lowest BCUT2D eigenvalue weighted by atomic mass is 10.3. The Balaban J connectivity index is 2.62. The second kappa shape index (κ2) is 6.90. The zero-order valence-corrected chi connectivity index (χ0v) is 9.76. The number of hydrogen-bond acceptors (Lipinski definition) is 5. The summed E-state index contributed by atoms with van der Waals surface area (Å²) in [6.07, 6.45) is 0.145. The van der Waals surface area contributed by atoms with E-state index in [2.05, 4.69) is 5.32 Å². The van der Waals surface area contributed by atoms with E-state index in [4.69, 9.17) is 10.00 Å². The number of nitro benzene ring substituents is 1. The summed E-state index contributed by atoms with van der Waals surface area (Å²) >= 11 is 0. The summed E-state index contributed by atoms with van der Waals surface area (Å²) < 4.78 is 17.8. The number of nitro groups is 1. The molecule has 19 heavy (non-hydrogen) atoms. The van der Waals surface area contributed by atoms with E-state index in [1.807, 2.05) is 6.07 Å². The maximum Gasteiger partial charge on any atom is 0.311 e. The smallest absolute Gasteiger partial charge is 0.311 e. The largest absolute Gasteiger partial charge is 0.477 e. The van der Waals surface area contributed by atoms with Gasteiger partial charge in [-0.15, -0.1) is 0 Å². The molecule has 1 amide bonds. The van der Waals surface area contributed by atoms with E-state index < -0.39 is 28.9 Å². The summed E-state index contributed by atoms with van der Waals surface area (Å²) in [5, 5.41) is 21.3. The molecule has 1 N–H and O–H groups in total. The van der Waals surface area contributed by atoms with E-state index in [1.54, 1.807) is 0 Å². The van der Waals surface area contributed by atoms with Gasteiger partial charge >= 0.3 is 5.69 Å². The third-order valence-corrected chi connectivity index (χ3v) is 2.04. The van der Waals surface area contributed by atoms with Gasteiger partial charge in [0.25, 0.3) is 5.91 Å². The van der Waals surface area contributed by atoms with Gasteiger partial charge in [-0.25, -0.2) is 4.39 Å². The number of benzene rings is 1. The van der Waals surface area contributed by atoms with E-state index in [1.165, 1.54) is 0 Å². The zero-order valence-electron chi connectivity index (χ0n) is 9.76. The van der Waals surface area contributed by atoms with Gasteiger partial charge in [0.1, 0.15) is 5.82 Å². The number of ether oxygens (including phenoxy) is 1. The van der Waals surface area contributed by atoms with Gasteiger partial charge in [-0.05, 0) is 6.07 Å². The summed E-state index contributed by atoms with van der Waals surface area (Å²) in [6.45, 7) is -0.334. The van der Waals surface area contributed by atoms with E-state index >= 15 is 0 Å². The summed E-state index contributed by atoms with van der Waals surface area (Å²) in [5.74, 6) is -1.57. The predicted octanol–water partition coefficient (Wildman–Crippen LogP) is 1.14. The van der Waals surface area contributed by atoms with Gasteiger partial charge in [0.05, 0.1) is 17.4 Å². The van der Waals surface area contributed by atoms with Crippen molar-refractivity contribution in [2.24, 2.45) is 0 Å². The number of amides is 1. The fourth-order valence-electron chi connectivity index (χ4n) is 1.21. The second-order valence-electron chi connectivity index (χ2n) is 3.42. The molecule has 0 aromatic heterocycles. The fraction of sp³-hybridized carbons (Fsp3) is 0.273. The molecule has 0 aliphatic heterocycles. The van der Waals surface area contributed by atoms with E-state index in [9.17, 15) is 19.3 Å². The van der Waals surface area contributed by atoms with Crippen LogP contribution >= 0.6 is 0 Å². The first-order valence-electron chi connectivity index (χ1n) is 5.25. The standard InChI is InChI=1S/C11H10FN3O4/c12-8-2-3-9(15(17)18)10(6-8)19-7-11(16)14-5-1-4-13/h2-3,6H,1,5,7H2,(H,14,16). The normalized spacial score (nSPS) is 9.47. The van der Waals surface area contributed by atoms with Gasteiger partial charge in [0, 0.05) is 18.7 Å². The lowest BCUT2D eigenvalue weighted by molar-refractivity contribution is -0.385. The summed E-state index contributed by atoms with van der Waals surface area (Å²) in [7, 11) is 0. The van der Waals surface area contributed by atoms with Crippen LogP contribution in [0.5, 0.6) is 5.75 Å². The van der Waals surface area contributed by atoms with Gasteiger partial charge in [0.2, 0.25) is 5.75 Å². The van der Waals surface area contributed by atoms with Crippen LogP contribution in [0.15, 0.2) is 18.2 Å². The van der Waals surface area contributed by atoms with Crippen molar-refractivity contribution in [2.75, 3.05) is 13.2 Å². The molecule has 1 rings (SSSR count). The molecule has 0 saturated heterocycles. The minimum atomic E-state index is -0.734. The number of nitriles is 1. The van der Waals surface area contributed by atoms with Crippen LogP contribution in [-0.2, 0) is 4.79 Å². The Kier molecular flexibility index (Phi) is 5.22. The van der Waals surface area contributed by atoms with E-state index in [-0.39, 0.29) is 18.7 Å². The lowest BCUT2D eigenvalue weighted by Crippen LogP contribution is -2.29. The van der Waals surface area contributed by atoms with Gasteiger partial charge in [0.15, 0.2) is 6.61 Å². The summed E-state index contributed by atoms with van der Waals surface area (Å²) in [5.41, 5.74) is -0.425. The van der Waals surface area contributed by atoms with Crippen molar-refractivity contribution in [1.29, 1.82) is 5.26 Å². The maximum atomic E-state index is 12.9. The first-order valence-corrected chi connectivity index (χ1v) is 5.25. The molecule has 0 saturated carbocycles. The van der Waals surface area contributed by atoms with Crippen molar-refractivity contribution in [3.8, 4) is 11.8 Å². The monoisotopic (exact) mass is 267 g/mol. The number of hydrogen-bond donors (Lipinski definition) is 1. The molecule has 1 aromatic rings. The first kappa shape index (κ1) is 14.4. The van der Waals surface area contributed by atoms with E-state index in [0.717, 1.165) is 18.2 Å². The van der Waals surface area contributed by atoms with Crippen molar-refractivity contribution in [2.45, 2.75) is 6.42 Å². The highest BCUT2D eigenvalue weighted by Crippen LogP contribution is 2.27. The number of halogens is 1. The average Bonchev–Trinajstić information content (AvgIpc) is 2.36. The Morgan fingerprint density at radius 1 is 1.58 bits per heavy atom. The van der Waals surface area contributed by atoms with Crippen molar-refractivity contribution >= 4 is 11.6 Å². The minimum absolute atomic E-state index is 0.145. The number of rotatable bonds is 6. The van der Waals surface area contributed by atoms with Crippen molar-refractivity contribution in [3.63, 3.8) is 0 Å². The zero-order chi connectivity index (χ0) is 14.3. The molecule has 7 nitrogen and oxygen atoms in total. The van der Waals surface area contributed by atoms with Crippen LogP contribution in [0.25, 0.3) is 0 Å². The predicted molar refractivity (Wildman–Crippen MR) is 61.8 cm³/mol. The molecule has 0 fully saturated rings. The van der Waals surface area contributed by atoms with Gasteiger partial charge in [-0.2, -0.15) is 5.26 Å². The molecule has 0 aliphatic rings. The Hall–Kier alpha value is -2.69. The molecule has 0 heterocycles. The van der Waals surface area contributed by atoms with Crippen molar-refractivity contribution < 1.29 is 18.8 Å². The topological polar surface area (TPSA) is 105 Å². The lowest BCUT2D eigenvalue weighted by Gasteiger charge is -2.06. The van der Waals surface area contributed by atoms with Gasteiger partial charge in [-0.3, -0.25) is 14.9 Å². The van der Waals surface area contributed by atoms with Gasteiger partial charge in [-0.1, -0.05) is 0 Å². The van der Waals surface area contributed by atoms with Crippen LogP contribution in [0, 0.1) is 27.3 Å². The Bertz CT molecular complexity index is 527. The minimum Gasteiger partial charge on any atom is -0.477 e. The van der Waals surface area contributed by atoms with E-state index in [0.29, 0.717) is 0 Å². The third kappa shape index (κ3) is 4.59. The Labute approximate surface area is 107 Å². The third-order valence-electron chi connectivity index (χ3n) is 2.04. The maximum absolute atomic E-state index is 12.9. The van der Waals surface area contributed by atoms with Crippen LogP contribution in [0.3, 0.4) is 0 Å². The molecule has 0 radical (unpaired) electrons. The Morgan fingerprint density at radius 3 is 2.95 bits per heavy atom. The molecule has 100 valence electrons. The van der Waals surface area contributed by atoms with Crippen LogP contribution < -0.4 is 10.1 Å². The molecule has 0 bridgehead atoms. The van der Waals surface area contributed by atoms with Crippen LogP contribution in [0.1, 0.15) is 6.42 Å².